The van der Waals surface area contributed by atoms with Crippen molar-refractivity contribution in [1.82, 2.24) is 0 Å². The fourth-order valence-electron chi connectivity index (χ4n) is 7.01. The molecule has 0 aromatic carbocycles. The molecule has 0 spiro atoms. The number of carbonyl (C=O) groups excluding carboxylic acids is 1. The average molecular weight is 302 g/mol. The Labute approximate surface area is 134 Å². The van der Waals surface area contributed by atoms with Crippen LogP contribution in [0.25, 0.3) is 0 Å². The summed E-state index contributed by atoms with van der Waals surface area (Å²) in [7, 11) is 0. The van der Waals surface area contributed by atoms with E-state index in [0.717, 1.165) is 37.0 Å². The predicted octanol–water partition coefficient (Wildman–Crippen LogP) is 4.13. The molecule has 0 aromatic heterocycles. The largest absolute Gasteiger partial charge is 0.393 e. The first kappa shape index (κ1) is 14.9. The fourth-order valence-corrected chi connectivity index (χ4v) is 7.01. The summed E-state index contributed by atoms with van der Waals surface area (Å²) in [5.41, 5.74) is 1.84. The molecular formula is C20H30O2. The van der Waals surface area contributed by atoms with Crippen molar-refractivity contribution >= 4 is 5.78 Å². The molecule has 0 aromatic rings. The highest BCUT2D eigenvalue weighted by molar-refractivity contribution is 5.91. The third-order valence-corrected chi connectivity index (χ3v) is 7.96. The van der Waals surface area contributed by atoms with Crippen molar-refractivity contribution in [2.75, 3.05) is 0 Å². The van der Waals surface area contributed by atoms with Gasteiger partial charge in [0.2, 0.25) is 0 Å². The van der Waals surface area contributed by atoms with Crippen molar-refractivity contribution in [2.45, 2.75) is 71.3 Å². The van der Waals surface area contributed by atoms with E-state index in [1.807, 2.05) is 13.0 Å². The minimum absolute atomic E-state index is 0.155. The molecule has 0 aliphatic heterocycles. The molecule has 0 bridgehead atoms. The highest BCUT2D eigenvalue weighted by Crippen LogP contribution is 2.64. The smallest absolute Gasteiger partial charge is 0.155 e. The maximum absolute atomic E-state index is 11.7. The Hall–Kier alpha value is -0.630. The Balaban J connectivity index is 1.61. The molecule has 0 radical (unpaired) electrons. The first-order chi connectivity index (χ1) is 10.5. The number of aliphatic hydroxyl groups is 1. The molecule has 3 saturated carbocycles. The van der Waals surface area contributed by atoms with Gasteiger partial charge in [0.15, 0.2) is 5.78 Å². The molecule has 2 nitrogen and oxygen atoms in total. The van der Waals surface area contributed by atoms with Crippen molar-refractivity contribution < 1.29 is 9.90 Å². The van der Waals surface area contributed by atoms with Crippen LogP contribution in [0.4, 0.5) is 0 Å². The Bertz CT molecular complexity index is 506. The van der Waals surface area contributed by atoms with E-state index < -0.39 is 0 Å². The van der Waals surface area contributed by atoms with Gasteiger partial charge in [-0.05, 0) is 93.0 Å². The van der Waals surface area contributed by atoms with Crippen LogP contribution in [0.3, 0.4) is 0 Å². The summed E-state index contributed by atoms with van der Waals surface area (Å²) in [6, 6.07) is 0. The van der Waals surface area contributed by atoms with Crippen LogP contribution in [0.15, 0.2) is 11.6 Å². The van der Waals surface area contributed by atoms with Crippen LogP contribution < -0.4 is 0 Å². The lowest BCUT2D eigenvalue weighted by molar-refractivity contribution is -0.116. The van der Waals surface area contributed by atoms with Gasteiger partial charge < -0.3 is 5.11 Å². The second kappa shape index (κ2) is 5.19. The number of hydrogen-bond donors (Lipinski definition) is 1. The van der Waals surface area contributed by atoms with Gasteiger partial charge in [-0.2, -0.15) is 0 Å². The summed E-state index contributed by atoms with van der Waals surface area (Å²) >= 11 is 0. The average Bonchev–Trinajstić information content (AvgIpc) is 2.84. The number of carbonyl (C=O) groups is 1. The maximum Gasteiger partial charge on any atom is 0.155 e. The summed E-state index contributed by atoms with van der Waals surface area (Å²) in [5, 5.41) is 10.2. The van der Waals surface area contributed by atoms with E-state index in [-0.39, 0.29) is 6.10 Å². The van der Waals surface area contributed by atoms with Gasteiger partial charge in [0.05, 0.1) is 6.10 Å². The maximum atomic E-state index is 11.7. The van der Waals surface area contributed by atoms with E-state index in [1.165, 1.54) is 37.7 Å². The molecule has 4 rings (SSSR count). The van der Waals surface area contributed by atoms with Crippen molar-refractivity contribution in [2.24, 2.45) is 35.0 Å². The molecule has 0 saturated heterocycles. The van der Waals surface area contributed by atoms with Crippen LogP contribution in [0.2, 0.25) is 0 Å². The third kappa shape index (κ3) is 2.06. The molecule has 4 aliphatic carbocycles. The fraction of sp³-hybridized carbons (Fsp3) is 0.850. The molecule has 22 heavy (non-hydrogen) atoms. The molecule has 1 N–H and O–H groups in total. The van der Waals surface area contributed by atoms with Gasteiger partial charge in [-0.25, -0.2) is 0 Å². The molecular weight excluding hydrogens is 272 g/mol. The highest BCUT2D eigenvalue weighted by Gasteiger charge is 2.56. The second-order valence-electron chi connectivity index (χ2n) is 8.77. The monoisotopic (exact) mass is 302 g/mol. The third-order valence-electron chi connectivity index (χ3n) is 7.96. The molecule has 3 fully saturated rings. The van der Waals surface area contributed by atoms with Gasteiger partial charge in [-0.1, -0.05) is 12.5 Å². The number of allylic oxidation sites excluding steroid dienone is 1. The zero-order chi connectivity index (χ0) is 15.5. The van der Waals surface area contributed by atoms with E-state index in [2.05, 4.69) is 6.92 Å². The summed E-state index contributed by atoms with van der Waals surface area (Å²) in [5.74, 6) is 4.04. The van der Waals surface area contributed by atoms with Gasteiger partial charge in [-0.3, -0.25) is 4.79 Å². The minimum atomic E-state index is -0.155. The van der Waals surface area contributed by atoms with Crippen molar-refractivity contribution in [3.8, 4) is 0 Å². The first-order valence-corrected chi connectivity index (χ1v) is 9.42. The van der Waals surface area contributed by atoms with E-state index >= 15 is 0 Å². The summed E-state index contributed by atoms with van der Waals surface area (Å²) in [6.07, 6.45) is 11.3. The molecule has 0 amide bonds. The number of aliphatic hydroxyl groups excluding tert-OH is 1. The van der Waals surface area contributed by atoms with E-state index in [9.17, 15) is 9.90 Å². The van der Waals surface area contributed by atoms with Gasteiger partial charge in [-0.15, -0.1) is 0 Å². The Morgan fingerprint density at radius 3 is 2.73 bits per heavy atom. The van der Waals surface area contributed by atoms with Crippen molar-refractivity contribution in [1.29, 1.82) is 0 Å². The topological polar surface area (TPSA) is 37.3 Å². The second-order valence-corrected chi connectivity index (χ2v) is 8.77. The quantitative estimate of drug-likeness (QED) is 0.791. The van der Waals surface area contributed by atoms with Crippen LogP contribution >= 0.6 is 0 Å². The van der Waals surface area contributed by atoms with Crippen molar-refractivity contribution in [3.05, 3.63) is 11.6 Å². The molecule has 1 unspecified atom stereocenters. The summed E-state index contributed by atoms with van der Waals surface area (Å²) < 4.78 is 0. The van der Waals surface area contributed by atoms with Gasteiger partial charge in [0.25, 0.3) is 0 Å². The predicted molar refractivity (Wildman–Crippen MR) is 87.3 cm³/mol. The first-order valence-electron chi connectivity index (χ1n) is 9.42. The Morgan fingerprint density at radius 1 is 1.14 bits per heavy atom. The summed E-state index contributed by atoms with van der Waals surface area (Å²) in [6.45, 7) is 4.47. The minimum Gasteiger partial charge on any atom is -0.393 e. The van der Waals surface area contributed by atoms with Crippen LogP contribution in [-0.2, 0) is 4.79 Å². The highest BCUT2D eigenvalue weighted by atomic mass is 16.3. The molecule has 4 aliphatic rings. The number of ketones is 1. The summed E-state index contributed by atoms with van der Waals surface area (Å²) in [4.78, 5) is 11.7. The normalized spacial score (nSPS) is 49.0. The molecule has 2 heteroatoms. The standard InChI is InChI=1S/C20H30O2/c1-12(21)18-7-8-19-17-5-3-13-11-14(22)4-6-15(13)16(17)9-10-20(18,19)2/h11-12,15-19,21H,3-10H2,1-2H3/t12?,15-,16-,17-,18-,19+,20-/m1/s1. The van der Waals surface area contributed by atoms with Crippen LogP contribution in [0.5, 0.6) is 0 Å². The van der Waals surface area contributed by atoms with Gasteiger partial charge in [0, 0.05) is 6.42 Å². The lowest BCUT2D eigenvalue weighted by atomic mass is 9.51. The number of hydrogen-bond acceptors (Lipinski definition) is 2. The lowest BCUT2D eigenvalue weighted by Crippen LogP contribution is -2.47. The Morgan fingerprint density at radius 2 is 1.95 bits per heavy atom. The SMILES string of the molecule is CC(O)[C@H]1CC[C@H]2[C@@H]3CCC4=CC(=O)CC[C@H]4[C@H]3CC[C@]12C. The zero-order valence-corrected chi connectivity index (χ0v) is 14.1. The van der Waals surface area contributed by atoms with E-state index in [4.69, 9.17) is 0 Å². The number of rotatable bonds is 1. The van der Waals surface area contributed by atoms with Gasteiger partial charge in [0.1, 0.15) is 0 Å². The molecule has 122 valence electrons. The molecule has 7 atom stereocenters. The number of fused-ring (bicyclic) bond motifs is 5. The van der Waals surface area contributed by atoms with Crippen LogP contribution in [-0.4, -0.2) is 17.0 Å². The Kier molecular flexibility index (Phi) is 3.52. The molecule has 0 heterocycles. The van der Waals surface area contributed by atoms with Crippen LogP contribution in [0.1, 0.15) is 65.2 Å². The van der Waals surface area contributed by atoms with E-state index in [0.29, 0.717) is 23.0 Å². The van der Waals surface area contributed by atoms with Gasteiger partial charge >= 0.3 is 0 Å². The zero-order valence-electron chi connectivity index (χ0n) is 14.1. The van der Waals surface area contributed by atoms with Crippen molar-refractivity contribution in [3.63, 3.8) is 0 Å². The van der Waals surface area contributed by atoms with Crippen LogP contribution in [0, 0.1) is 35.0 Å². The van der Waals surface area contributed by atoms with E-state index in [1.54, 1.807) is 0 Å². The lowest BCUT2D eigenvalue weighted by Gasteiger charge is -2.54.